The van der Waals surface area contributed by atoms with E-state index in [0.717, 1.165) is 17.6 Å². The molecular weight excluding hydrogens is 228 g/mol. The third-order valence-corrected chi connectivity index (χ3v) is 3.07. The summed E-state index contributed by atoms with van der Waals surface area (Å²) in [6.45, 7) is 9.01. The van der Waals surface area contributed by atoms with E-state index in [-0.39, 0.29) is 23.3 Å². The van der Waals surface area contributed by atoms with Crippen molar-refractivity contribution in [1.29, 1.82) is 0 Å². The maximum absolute atomic E-state index is 11.0. The molecule has 0 aliphatic heterocycles. The highest BCUT2D eigenvalue weighted by Gasteiger charge is 2.34. The third kappa shape index (κ3) is 3.73. The Balaban J connectivity index is 3.01. The van der Waals surface area contributed by atoms with E-state index < -0.39 is 0 Å². The lowest BCUT2D eigenvalue weighted by Gasteiger charge is -2.36. The summed E-state index contributed by atoms with van der Waals surface area (Å²) in [7, 11) is 0. The van der Waals surface area contributed by atoms with Gasteiger partial charge in [0.05, 0.1) is 0 Å². The first-order chi connectivity index (χ1) is 8.22. The Bertz CT molecular complexity index is 458. The van der Waals surface area contributed by atoms with Gasteiger partial charge >= 0.3 is 5.97 Å². The van der Waals surface area contributed by atoms with Gasteiger partial charge in [0.2, 0.25) is 5.78 Å². The molecule has 0 aromatic carbocycles. The second kappa shape index (κ2) is 5.39. The van der Waals surface area contributed by atoms with Crippen LogP contribution in [0.25, 0.3) is 0 Å². The van der Waals surface area contributed by atoms with Crippen molar-refractivity contribution in [3.8, 4) is 11.8 Å². The van der Waals surface area contributed by atoms with Gasteiger partial charge in [0.25, 0.3) is 0 Å². The molecule has 0 saturated heterocycles. The maximum Gasteiger partial charge on any atom is 0.302 e. The highest BCUT2D eigenvalue weighted by molar-refractivity contribution is 5.93. The standard InChI is InChI=1S/C15H20O3/c1-10-8-13(18-12(3)17)9-15(4,5)14(10)7-6-11(2)16/h13H,8-9H2,1-5H3/t13-/m1/s1. The summed E-state index contributed by atoms with van der Waals surface area (Å²) in [4.78, 5) is 22.0. The summed E-state index contributed by atoms with van der Waals surface area (Å²) in [6, 6.07) is 0. The van der Waals surface area contributed by atoms with Crippen molar-refractivity contribution in [3.63, 3.8) is 0 Å². The largest absolute Gasteiger partial charge is 0.462 e. The van der Waals surface area contributed by atoms with Gasteiger partial charge < -0.3 is 4.74 Å². The second-order valence-corrected chi connectivity index (χ2v) is 5.49. The van der Waals surface area contributed by atoms with Gasteiger partial charge in [-0.2, -0.15) is 0 Å². The van der Waals surface area contributed by atoms with Crippen LogP contribution in [0.4, 0.5) is 0 Å². The Morgan fingerprint density at radius 2 is 1.94 bits per heavy atom. The number of carbonyl (C=O) groups excluding carboxylic acids is 2. The molecule has 1 aliphatic carbocycles. The predicted molar refractivity (Wildman–Crippen MR) is 69.7 cm³/mol. The Morgan fingerprint density at radius 3 is 2.39 bits per heavy atom. The van der Waals surface area contributed by atoms with Crippen molar-refractivity contribution in [2.75, 3.05) is 0 Å². The van der Waals surface area contributed by atoms with Crippen LogP contribution in [-0.4, -0.2) is 17.9 Å². The van der Waals surface area contributed by atoms with Gasteiger partial charge in [-0.3, -0.25) is 9.59 Å². The molecule has 18 heavy (non-hydrogen) atoms. The zero-order valence-electron chi connectivity index (χ0n) is 11.7. The molecule has 0 amide bonds. The molecule has 98 valence electrons. The minimum absolute atomic E-state index is 0.0830. The first-order valence-corrected chi connectivity index (χ1v) is 6.12. The van der Waals surface area contributed by atoms with Crippen molar-refractivity contribution >= 4 is 11.8 Å². The third-order valence-electron chi connectivity index (χ3n) is 3.07. The van der Waals surface area contributed by atoms with Crippen LogP contribution in [0, 0.1) is 17.3 Å². The number of ketones is 1. The van der Waals surface area contributed by atoms with E-state index in [1.54, 1.807) is 0 Å². The van der Waals surface area contributed by atoms with Crippen LogP contribution in [0.1, 0.15) is 47.5 Å². The van der Waals surface area contributed by atoms with E-state index in [9.17, 15) is 9.59 Å². The van der Waals surface area contributed by atoms with Crippen molar-refractivity contribution in [2.24, 2.45) is 5.41 Å². The van der Waals surface area contributed by atoms with Gasteiger partial charge in [0.1, 0.15) is 6.10 Å². The van der Waals surface area contributed by atoms with E-state index in [2.05, 4.69) is 25.7 Å². The van der Waals surface area contributed by atoms with E-state index in [1.165, 1.54) is 13.8 Å². The fourth-order valence-electron chi connectivity index (χ4n) is 2.51. The van der Waals surface area contributed by atoms with Crippen molar-refractivity contribution < 1.29 is 14.3 Å². The summed E-state index contributed by atoms with van der Waals surface area (Å²) in [6.07, 6.45) is 1.36. The monoisotopic (exact) mass is 248 g/mol. The minimum atomic E-state index is -0.248. The minimum Gasteiger partial charge on any atom is -0.462 e. The van der Waals surface area contributed by atoms with Gasteiger partial charge in [0.15, 0.2) is 0 Å². The van der Waals surface area contributed by atoms with Gasteiger partial charge in [-0.15, -0.1) is 0 Å². The molecule has 0 fully saturated rings. The average molecular weight is 248 g/mol. The summed E-state index contributed by atoms with van der Waals surface area (Å²) < 4.78 is 5.28. The van der Waals surface area contributed by atoms with Crippen LogP contribution in [-0.2, 0) is 14.3 Å². The van der Waals surface area contributed by atoms with E-state index in [4.69, 9.17) is 4.74 Å². The fraction of sp³-hybridized carbons (Fsp3) is 0.600. The van der Waals surface area contributed by atoms with Gasteiger partial charge in [-0.25, -0.2) is 0 Å². The predicted octanol–water partition coefficient (Wildman–Crippen LogP) is 2.65. The first-order valence-electron chi connectivity index (χ1n) is 6.12. The molecule has 0 radical (unpaired) electrons. The number of ether oxygens (including phenoxy) is 1. The van der Waals surface area contributed by atoms with Gasteiger partial charge in [-0.05, 0) is 19.3 Å². The van der Waals surface area contributed by atoms with E-state index >= 15 is 0 Å². The fourth-order valence-corrected chi connectivity index (χ4v) is 2.51. The smallest absolute Gasteiger partial charge is 0.302 e. The Kier molecular flexibility index (Phi) is 4.34. The molecule has 0 N–H and O–H groups in total. The first kappa shape index (κ1) is 14.5. The van der Waals surface area contributed by atoms with Crippen LogP contribution < -0.4 is 0 Å². The number of hydrogen-bond donors (Lipinski definition) is 0. The number of rotatable bonds is 1. The molecule has 0 aromatic heterocycles. The Hall–Kier alpha value is -1.56. The lowest BCUT2D eigenvalue weighted by Crippen LogP contribution is -2.31. The molecule has 1 atom stereocenters. The maximum atomic E-state index is 11.0. The number of allylic oxidation sites excluding steroid dienone is 1. The number of hydrogen-bond acceptors (Lipinski definition) is 3. The molecule has 0 saturated carbocycles. The quantitative estimate of drug-likeness (QED) is 0.407. The molecule has 3 nitrogen and oxygen atoms in total. The molecule has 0 spiro atoms. The summed E-state index contributed by atoms with van der Waals surface area (Å²) >= 11 is 0. The van der Waals surface area contributed by atoms with Crippen molar-refractivity contribution in [1.82, 2.24) is 0 Å². The highest BCUT2D eigenvalue weighted by atomic mass is 16.5. The van der Waals surface area contributed by atoms with Gasteiger partial charge in [-0.1, -0.05) is 25.3 Å². The van der Waals surface area contributed by atoms with E-state index in [0.29, 0.717) is 6.42 Å². The highest BCUT2D eigenvalue weighted by Crippen LogP contribution is 2.40. The van der Waals surface area contributed by atoms with Gasteiger partial charge in [0, 0.05) is 31.3 Å². The molecule has 1 rings (SSSR count). The zero-order valence-corrected chi connectivity index (χ0v) is 11.7. The Morgan fingerprint density at radius 1 is 1.33 bits per heavy atom. The lowest BCUT2D eigenvalue weighted by atomic mass is 9.72. The average Bonchev–Trinajstić information content (AvgIpc) is 2.12. The van der Waals surface area contributed by atoms with Crippen LogP contribution in [0.2, 0.25) is 0 Å². The molecule has 0 bridgehead atoms. The van der Waals surface area contributed by atoms with Crippen LogP contribution in [0.5, 0.6) is 0 Å². The molecule has 3 heteroatoms. The zero-order chi connectivity index (χ0) is 13.9. The van der Waals surface area contributed by atoms with Crippen LogP contribution in [0.3, 0.4) is 0 Å². The molecular formula is C15H20O3. The summed E-state index contributed by atoms with van der Waals surface area (Å²) in [5.74, 6) is 5.20. The molecule has 0 unspecified atom stereocenters. The summed E-state index contributed by atoms with van der Waals surface area (Å²) in [5.41, 5.74) is 1.94. The molecule has 1 aliphatic rings. The number of esters is 1. The number of Topliss-reactive ketones (excluding diaryl/α,β-unsaturated/α-hetero) is 1. The second-order valence-electron chi connectivity index (χ2n) is 5.49. The van der Waals surface area contributed by atoms with Crippen LogP contribution >= 0.6 is 0 Å². The van der Waals surface area contributed by atoms with Crippen molar-refractivity contribution in [3.05, 3.63) is 11.1 Å². The topological polar surface area (TPSA) is 43.4 Å². The molecule has 0 heterocycles. The van der Waals surface area contributed by atoms with Crippen molar-refractivity contribution in [2.45, 2.75) is 53.6 Å². The lowest BCUT2D eigenvalue weighted by molar-refractivity contribution is -0.147. The molecule has 0 aromatic rings. The SMILES string of the molecule is CC(=O)C#CC1=C(C)C[C@@H](OC(C)=O)CC1(C)C. The number of carbonyl (C=O) groups is 2. The van der Waals surface area contributed by atoms with E-state index in [1.807, 2.05) is 6.92 Å². The normalized spacial score (nSPS) is 21.9. The summed E-state index contributed by atoms with van der Waals surface area (Å²) in [5, 5.41) is 0. The van der Waals surface area contributed by atoms with Crippen LogP contribution in [0.15, 0.2) is 11.1 Å². The Labute approximate surface area is 109 Å².